The van der Waals surface area contributed by atoms with Crippen LogP contribution in [0.5, 0.6) is 17.2 Å². The summed E-state index contributed by atoms with van der Waals surface area (Å²) in [4.78, 5) is 27.7. The number of anilines is 1. The predicted molar refractivity (Wildman–Crippen MR) is 136 cm³/mol. The largest absolute Gasteiger partial charge is 0.493 e. The maximum absolute atomic E-state index is 15.1. The molecule has 2 heterocycles. The lowest BCUT2D eigenvalue weighted by molar-refractivity contribution is -0.137. The van der Waals surface area contributed by atoms with Crippen molar-refractivity contribution in [2.24, 2.45) is 0 Å². The molecule has 0 radical (unpaired) electrons. The Bertz CT molecular complexity index is 1200. The highest BCUT2D eigenvalue weighted by molar-refractivity contribution is 6.06. The number of fused-ring (bicyclic) bond motifs is 1. The van der Waals surface area contributed by atoms with Crippen LogP contribution < -0.4 is 19.1 Å². The van der Waals surface area contributed by atoms with Gasteiger partial charge >= 0.3 is 5.97 Å². The predicted octanol–water partition coefficient (Wildman–Crippen LogP) is 4.10. The number of nitrogens with zero attached hydrogens (tertiary/aromatic N) is 2. The number of ketones is 1. The van der Waals surface area contributed by atoms with Gasteiger partial charge < -0.3 is 29.1 Å². The molecule has 0 amide bonds. The number of benzene rings is 2. The van der Waals surface area contributed by atoms with Gasteiger partial charge in [-0.2, -0.15) is 0 Å². The van der Waals surface area contributed by atoms with Crippen LogP contribution in [0.15, 0.2) is 24.3 Å². The molecule has 2 aliphatic rings. The summed E-state index contributed by atoms with van der Waals surface area (Å²) in [6, 6.07) is 6.94. The summed E-state index contributed by atoms with van der Waals surface area (Å²) >= 11 is 0. The van der Waals surface area contributed by atoms with E-state index >= 15 is 4.39 Å². The van der Waals surface area contributed by atoms with E-state index in [1.165, 1.54) is 19.1 Å². The van der Waals surface area contributed by atoms with Gasteiger partial charge in [-0.25, -0.2) is 4.39 Å². The Morgan fingerprint density at radius 3 is 2.51 bits per heavy atom. The maximum Gasteiger partial charge on any atom is 0.303 e. The number of unbranched alkanes of at least 4 members (excludes halogenated alkanes) is 1. The van der Waals surface area contributed by atoms with Crippen LogP contribution in [0.25, 0.3) is 0 Å². The molecule has 2 aromatic carbocycles. The second-order valence-electron chi connectivity index (χ2n) is 9.16. The van der Waals surface area contributed by atoms with Gasteiger partial charge in [0.1, 0.15) is 11.6 Å². The SMILES string of the molecule is COc1cc2c(c(F)c1OC)C(=N)N(CC(=O)c1ccc(OCCCCC(=O)O)c(N3CCCC3)c1)C2. The zero-order valence-corrected chi connectivity index (χ0v) is 21.1. The van der Waals surface area contributed by atoms with Gasteiger partial charge in [-0.3, -0.25) is 15.0 Å². The Labute approximate surface area is 215 Å². The molecular weight excluding hydrogens is 481 g/mol. The molecule has 0 saturated carbocycles. The van der Waals surface area contributed by atoms with Crippen LogP contribution in [0.4, 0.5) is 10.1 Å². The fourth-order valence-corrected chi connectivity index (χ4v) is 4.80. The number of ether oxygens (including phenoxy) is 3. The van der Waals surface area contributed by atoms with Crippen molar-refractivity contribution in [2.75, 3.05) is 45.4 Å². The molecule has 0 aliphatic carbocycles. The molecule has 2 N–H and O–H groups in total. The van der Waals surface area contributed by atoms with Crippen LogP contribution in [-0.4, -0.2) is 68.1 Å². The van der Waals surface area contributed by atoms with E-state index in [0.717, 1.165) is 31.6 Å². The van der Waals surface area contributed by atoms with Crippen molar-refractivity contribution in [3.63, 3.8) is 0 Å². The number of hydrogen-bond acceptors (Lipinski definition) is 7. The highest BCUT2D eigenvalue weighted by Crippen LogP contribution is 2.39. The maximum atomic E-state index is 15.1. The van der Waals surface area contributed by atoms with Gasteiger partial charge in [0.25, 0.3) is 0 Å². The number of amidine groups is 1. The quantitative estimate of drug-likeness (QED) is 0.322. The van der Waals surface area contributed by atoms with Crippen LogP contribution in [0.1, 0.15) is 53.6 Å². The molecular formula is C27H32FN3O6. The van der Waals surface area contributed by atoms with Crippen molar-refractivity contribution in [2.45, 2.75) is 38.6 Å². The van der Waals surface area contributed by atoms with Gasteiger partial charge in [0.15, 0.2) is 23.1 Å². The molecule has 1 saturated heterocycles. The zero-order chi connectivity index (χ0) is 26.5. The molecule has 10 heteroatoms. The number of carbonyl (C=O) groups excluding carboxylic acids is 1. The minimum atomic E-state index is -0.823. The van der Waals surface area contributed by atoms with Crippen molar-refractivity contribution in [1.29, 1.82) is 5.41 Å². The molecule has 198 valence electrons. The second-order valence-corrected chi connectivity index (χ2v) is 9.16. The molecule has 0 unspecified atom stereocenters. The van der Waals surface area contributed by atoms with E-state index in [1.54, 1.807) is 18.2 Å². The standard InChI is InChI=1S/C27H32FN3O6/c1-35-22-14-18-15-31(27(29)24(18)25(28)26(22)36-2)16-20(32)17-8-9-21(37-12-6-3-7-23(33)34)19(13-17)30-10-4-5-11-30/h8-9,13-14,29H,3-7,10-12,15-16H2,1-2H3,(H,33,34). The Morgan fingerprint density at radius 1 is 1.08 bits per heavy atom. The fourth-order valence-electron chi connectivity index (χ4n) is 4.80. The van der Waals surface area contributed by atoms with Crippen LogP contribution >= 0.6 is 0 Å². The number of carbonyl (C=O) groups is 2. The minimum Gasteiger partial charge on any atom is -0.493 e. The lowest BCUT2D eigenvalue weighted by Crippen LogP contribution is -2.30. The number of halogens is 1. The van der Waals surface area contributed by atoms with E-state index in [9.17, 15) is 9.59 Å². The number of hydrogen-bond donors (Lipinski definition) is 2. The van der Waals surface area contributed by atoms with Crippen LogP contribution in [-0.2, 0) is 11.3 Å². The molecule has 2 aromatic rings. The number of rotatable bonds is 12. The smallest absolute Gasteiger partial charge is 0.303 e. The number of methoxy groups -OCH3 is 2. The molecule has 9 nitrogen and oxygen atoms in total. The summed E-state index contributed by atoms with van der Waals surface area (Å²) in [6.07, 6.45) is 3.37. The molecule has 0 aromatic heterocycles. The van der Waals surface area contributed by atoms with E-state index in [0.29, 0.717) is 36.3 Å². The summed E-state index contributed by atoms with van der Waals surface area (Å²) in [7, 11) is 2.77. The fraction of sp³-hybridized carbons (Fsp3) is 0.444. The molecule has 2 aliphatic heterocycles. The van der Waals surface area contributed by atoms with E-state index in [1.807, 2.05) is 6.07 Å². The summed E-state index contributed by atoms with van der Waals surface area (Å²) < 4.78 is 31.4. The molecule has 1 fully saturated rings. The highest BCUT2D eigenvalue weighted by atomic mass is 19.1. The molecule has 0 spiro atoms. The van der Waals surface area contributed by atoms with E-state index < -0.39 is 11.8 Å². The van der Waals surface area contributed by atoms with Gasteiger partial charge in [0, 0.05) is 31.6 Å². The van der Waals surface area contributed by atoms with Crippen LogP contribution in [0.3, 0.4) is 0 Å². The van der Waals surface area contributed by atoms with E-state index in [2.05, 4.69) is 4.90 Å². The molecule has 4 rings (SSSR count). The number of carboxylic acid groups (broad SMARTS) is 1. The Balaban J connectivity index is 1.49. The summed E-state index contributed by atoms with van der Waals surface area (Å²) in [5.41, 5.74) is 2.01. The summed E-state index contributed by atoms with van der Waals surface area (Å²) in [6.45, 7) is 2.26. The van der Waals surface area contributed by atoms with Crippen molar-refractivity contribution >= 4 is 23.3 Å². The van der Waals surface area contributed by atoms with Gasteiger partial charge in [-0.1, -0.05) is 0 Å². The first kappa shape index (κ1) is 26.2. The van der Waals surface area contributed by atoms with Gasteiger partial charge in [0.05, 0.1) is 38.6 Å². The topological polar surface area (TPSA) is 112 Å². The molecule has 37 heavy (non-hydrogen) atoms. The molecule has 0 atom stereocenters. The third kappa shape index (κ3) is 5.63. The number of Topliss-reactive ketones (excluding diaryl/α,β-unsaturated/α-hetero) is 1. The van der Waals surface area contributed by atoms with Crippen molar-refractivity contribution in [3.8, 4) is 17.2 Å². The average Bonchev–Trinajstić information content (AvgIpc) is 3.52. The van der Waals surface area contributed by atoms with Crippen molar-refractivity contribution < 1.29 is 33.3 Å². The first-order chi connectivity index (χ1) is 17.8. The molecule has 0 bridgehead atoms. The highest BCUT2D eigenvalue weighted by Gasteiger charge is 2.33. The van der Waals surface area contributed by atoms with Crippen molar-refractivity contribution in [3.05, 3.63) is 46.8 Å². The van der Waals surface area contributed by atoms with Gasteiger partial charge in [0.2, 0.25) is 0 Å². The first-order valence-corrected chi connectivity index (χ1v) is 12.4. The minimum absolute atomic E-state index is 0.0621. The summed E-state index contributed by atoms with van der Waals surface area (Å²) in [5, 5.41) is 17.3. The van der Waals surface area contributed by atoms with E-state index in [4.69, 9.17) is 24.7 Å². The van der Waals surface area contributed by atoms with Gasteiger partial charge in [-0.05, 0) is 55.5 Å². The van der Waals surface area contributed by atoms with E-state index in [-0.39, 0.29) is 48.2 Å². The lowest BCUT2D eigenvalue weighted by Gasteiger charge is -2.23. The van der Waals surface area contributed by atoms with Crippen LogP contribution in [0, 0.1) is 11.2 Å². The van der Waals surface area contributed by atoms with Gasteiger partial charge in [-0.15, -0.1) is 0 Å². The number of aliphatic carboxylic acids is 1. The summed E-state index contributed by atoms with van der Waals surface area (Å²) in [5.74, 6) is -0.903. The van der Waals surface area contributed by atoms with Crippen molar-refractivity contribution in [1.82, 2.24) is 4.90 Å². The third-order valence-corrected chi connectivity index (χ3v) is 6.71. The number of nitrogens with one attached hydrogen (secondary N) is 1. The second kappa shape index (κ2) is 11.5. The Morgan fingerprint density at radius 2 is 1.84 bits per heavy atom. The average molecular weight is 514 g/mol. The van der Waals surface area contributed by atoms with Crippen LogP contribution in [0.2, 0.25) is 0 Å². The first-order valence-electron chi connectivity index (χ1n) is 12.4. The number of carboxylic acids is 1. The normalized spacial score (nSPS) is 14.6. The third-order valence-electron chi connectivity index (χ3n) is 6.71. The Hall–Kier alpha value is -3.82. The zero-order valence-electron chi connectivity index (χ0n) is 21.1. The monoisotopic (exact) mass is 513 g/mol. The Kier molecular flexibility index (Phi) is 8.15. The lowest BCUT2D eigenvalue weighted by atomic mass is 10.1.